The molecule has 0 unspecified atom stereocenters. The summed E-state index contributed by atoms with van der Waals surface area (Å²) in [7, 11) is 0. The Morgan fingerprint density at radius 2 is 1.90 bits per heavy atom. The van der Waals surface area contributed by atoms with E-state index in [9.17, 15) is 0 Å². The average Bonchev–Trinajstić information content (AvgIpc) is 2.48. The second-order valence-corrected chi connectivity index (χ2v) is 5.91. The molecule has 1 aromatic carbocycles. The third-order valence-corrected chi connectivity index (χ3v) is 4.14. The standard InChI is InChI=1S/C16H17ClN2O/c1-16(2,11-6-4-3-5-7-11)15-18-13-8-9-20-10-12(13)14(17)19-15/h3-7H,8-10H2,1-2H3. The predicted molar refractivity (Wildman–Crippen MR) is 79.0 cm³/mol. The Kier molecular flexibility index (Phi) is 3.48. The van der Waals surface area contributed by atoms with Crippen LogP contribution >= 0.6 is 11.6 Å². The fraction of sp³-hybridized carbons (Fsp3) is 0.375. The molecule has 0 N–H and O–H groups in total. The zero-order valence-corrected chi connectivity index (χ0v) is 12.4. The number of hydrogen-bond acceptors (Lipinski definition) is 3. The highest BCUT2D eigenvalue weighted by molar-refractivity contribution is 6.30. The Morgan fingerprint density at radius 1 is 1.15 bits per heavy atom. The molecule has 4 heteroatoms. The third-order valence-electron chi connectivity index (χ3n) is 3.83. The second kappa shape index (κ2) is 5.15. The van der Waals surface area contributed by atoms with E-state index in [0.717, 1.165) is 23.5 Å². The van der Waals surface area contributed by atoms with Crippen LogP contribution in [-0.2, 0) is 23.2 Å². The highest BCUT2D eigenvalue weighted by Crippen LogP contribution is 2.32. The molecule has 0 amide bonds. The van der Waals surface area contributed by atoms with Crippen molar-refractivity contribution in [3.63, 3.8) is 0 Å². The molecule has 1 aliphatic heterocycles. The van der Waals surface area contributed by atoms with Gasteiger partial charge < -0.3 is 4.74 Å². The maximum absolute atomic E-state index is 6.31. The molecule has 0 spiro atoms. The van der Waals surface area contributed by atoms with Gasteiger partial charge in [-0.05, 0) is 19.4 Å². The van der Waals surface area contributed by atoms with Gasteiger partial charge >= 0.3 is 0 Å². The number of rotatable bonds is 2. The summed E-state index contributed by atoms with van der Waals surface area (Å²) in [6.45, 7) is 5.46. The summed E-state index contributed by atoms with van der Waals surface area (Å²) >= 11 is 6.31. The number of aromatic nitrogens is 2. The maximum atomic E-state index is 6.31. The Labute approximate surface area is 124 Å². The summed E-state index contributed by atoms with van der Waals surface area (Å²) in [5.74, 6) is 0.773. The van der Waals surface area contributed by atoms with Crippen molar-refractivity contribution >= 4 is 11.6 Å². The van der Waals surface area contributed by atoms with Gasteiger partial charge in [0.15, 0.2) is 0 Å². The van der Waals surface area contributed by atoms with E-state index in [-0.39, 0.29) is 5.41 Å². The van der Waals surface area contributed by atoms with Gasteiger partial charge in [0.25, 0.3) is 0 Å². The predicted octanol–water partition coefficient (Wildman–Crippen LogP) is 3.53. The third kappa shape index (κ3) is 2.32. The van der Waals surface area contributed by atoms with Crippen LogP contribution in [0.5, 0.6) is 0 Å². The average molecular weight is 289 g/mol. The van der Waals surface area contributed by atoms with Crippen LogP contribution in [0.3, 0.4) is 0 Å². The van der Waals surface area contributed by atoms with Gasteiger partial charge in [0.05, 0.1) is 18.9 Å². The summed E-state index contributed by atoms with van der Waals surface area (Å²) in [6, 6.07) is 10.3. The lowest BCUT2D eigenvalue weighted by Gasteiger charge is -2.26. The number of nitrogens with zero attached hydrogens (tertiary/aromatic N) is 2. The lowest BCUT2D eigenvalue weighted by atomic mass is 9.83. The molecule has 104 valence electrons. The smallest absolute Gasteiger partial charge is 0.140 e. The fourth-order valence-electron chi connectivity index (χ4n) is 2.46. The largest absolute Gasteiger partial charge is 0.376 e. The number of benzene rings is 1. The maximum Gasteiger partial charge on any atom is 0.140 e. The first-order chi connectivity index (χ1) is 9.59. The summed E-state index contributed by atoms with van der Waals surface area (Å²) in [5, 5.41) is 0.522. The molecule has 1 aliphatic rings. The molecule has 1 aromatic heterocycles. The van der Waals surface area contributed by atoms with Gasteiger partial charge in [-0.25, -0.2) is 9.97 Å². The quantitative estimate of drug-likeness (QED) is 0.793. The first-order valence-electron chi connectivity index (χ1n) is 6.78. The van der Waals surface area contributed by atoms with Gasteiger partial charge in [0, 0.05) is 17.4 Å². The number of ether oxygens (including phenoxy) is 1. The molecule has 3 rings (SSSR count). The van der Waals surface area contributed by atoms with Crippen molar-refractivity contribution < 1.29 is 4.74 Å². The Hall–Kier alpha value is -1.45. The fourth-order valence-corrected chi connectivity index (χ4v) is 2.70. The van der Waals surface area contributed by atoms with Crippen molar-refractivity contribution in [3.8, 4) is 0 Å². The molecule has 0 saturated carbocycles. The van der Waals surface area contributed by atoms with E-state index >= 15 is 0 Å². The van der Waals surface area contributed by atoms with Gasteiger partial charge in [0.2, 0.25) is 0 Å². The van der Waals surface area contributed by atoms with Crippen molar-refractivity contribution in [2.75, 3.05) is 6.61 Å². The summed E-state index contributed by atoms with van der Waals surface area (Å²) < 4.78 is 5.42. The molecule has 3 nitrogen and oxygen atoms in total. The minimum absolute atomic E-state index is 0.266. The Bertz CT molecular complexity index is 626. The molecule has 0 atom stereocenters. The normalized spacial score (nSPS) is 14.9. The van der Waals surface area contributed by atoms with Crippen molar-refractivity contribution in [3.05, 3.63) is 58.1 Å². The van der Waals surface area contributed by atoms with Crippen molar-refractivity contribution in [1.82, 2.24) is 9.97 Å². The zero-order valence-electron chi connectivity index (χ0n) is 11.7. The van der Waals surface area contributed by atoms with Crippen LogP contribution in [0.25, 0.3) is 0 Å². The van der Waals surface area contributed by atoms with Gasteiger partial charge in [0.1, 0.15) is 11.0 Å². The van der Waals surface area contributed by atoms with E-state index in [0.29, 0.717) is 18.4 Å². The van der Waals surface area contributed by atoms with Crippen LogP contribution < -0.4 is 0 Å². The van der Waals surface area contributed by atoms with E-state index in [1.54, 1.807) is 0 Å². The highest BCUT2D eigenvalue weighted by atomic mass is 35.5. The summed E-state index contributed by atoms with van der Waals surface area (Å²) in [4.78, 5) is 9.26. The monoisotopic (exact) mass is 288 g/mol. The van der Waals surface area contributed by atoms with Crippen LogP contribution in [-0.4, -0.2) is 16.6 Å². The first-order valence-corrected chi connectivity index (χ1v) is 7.16. The minimum Gasteiger partial charge on any atom is -0.376 e. The number of halogens is 1. The van der Waals surface area contributed by atoms with Crippen LogP contribution in [0.1, 0.15) is 36.5 Å². The first kappa shape index (κ1) is 13.5. The Balaban J connectivity index is 2.08. The molecular weight excluding hydrogens is 272 g/mol. The summed E-state index contributed by atoms with van der Waals surface area (Å²) in [6.07, 6.45) is 0.801. The van der Waals surface area contributed by atoms with Crippen molar-refractivity contribution in [1.29, 1.82) is 0 Å². The molecule has 2 aromatic rings. The molecule has 2 heterocycles. The van der Waals surface area contributed by atoms with E-state index in [1.165, 1.54) is 5.56 Å². The van der Waals surface area contributed by atoms with Crippen LogP contribution in [0.15, 0.2) is 30.3 Å². The van der Waals surface area contributed by atoms with Gasteiger partial charge in [-0.1, -0.05) is 41.9 Å². The van der Waals surface area contributed by atoms with Crippen LogP contribution in [0.4, 0.5) is 0 Å². The minimum atomic E-state index is -0.266. The van der Waals surface area contributed by atoms with Gasteiger partial charge in [-0.2, -0.15) is 0 Å². The second-order valence-electron chi connectivity index (χ2n) is 5.56. The molecule has 0 radical (unpaired) electrons. The highest BCUT2D eigenvalue weighted by Gasteiger charge is 2.29. The van der Waals surface area contributed by atoms with Gasteiger partial charge in [-0.3, -0.25) is 0 Å². The van der Waals surface area contributed by atoms with E-state index in [1.807, 2.05) is 18.2 Å². The van der Waals surface area contributed by atoms with Crippen LogP contribution in [0.2, 0.25) is 5.15 Å². The van der Waals surface area contributed by atoms with Crippen molar-refractivity contribution in [2.45, 2.75) is 32.3 Å². The molecular formula is C16H17ClN2O. The SMILES string of the molecule is CC(C)(c1ccccc1)c1nc(Cl)c2c(n1)CCOC2. The Morgan fingerprint density at radius 3 is 2.65 bits per heavy atom. The topological polar surface area (TPSA) is 35.0 Å². The zero-order chi connectivity index (χ0) is 14.2. The van der Waals surface area contributed by atoms with E-state index in [2.05, 4.69) is 31.0 Å². The summed E-state index contributed by atoms with van der Waals surface area (Å²) in [5.41, 5.74) is 2.88. The lowest BCUT2D eigenvalue weighted by Crippen LogP contribution is -2.25. The van der Waals surface area contributed by atoms with Gasteiger partial charge in [-0.15, -0.1) is 0 Å². The number of hydrogen-bond donors (Lipinski definition) is 0. The number of fused-ring (bicyclic) bond motifs is 1. The molecule has 20 heavy (non-hydrogen) atoms. The molecule has 0 fully saturated rings. The van der Waals surface area contributed by atoms with E-state index in [4.69, 9.17) is 21.3 Å². The van der Waals surface area contributed by atoms with E-state index < -0.39 is 0 Å². The van der Waals surface area contributed by atoms with Crippen molar-refractivity contribution in [2.24, 2.45) is 0 Å². The molecule has 0 saturated heterocycles. The lowest BCUT2D eigenvalue weighted by molar-refractivity contribution is 0.108. The van der Waals surface area contributed by atoms with Crippen LogP contribution in [0, 0.1) is 0 Å². The molecule has 0 bridgehead atoms. The molecule has 0 aliphatic carbocycles.